The maximum absolute atomic E-state index is 11.5. The normalized spacial score (nSPS) is 20.0. The van der Waals surface area contributed by atoms with Gasteiger partial charge in [0.1, 0.15) is 5.75 Å². The predicted octanol–water partition coefficient (Wildman–Crippen LogP) is 6.87. The Balaban J connectivity index is 1.27. The Morgan fingerprint density at radius 2 is 1.70 bits per heavy atom. The highest BCUT2D eigenvalue weighted by Gasteiger charge is 2.71. The van der Waals surface area contributed by atoms with Gasteiger partial charge < -0.3 is 25.2 Å². The minimum absolute atomic E-state index is 0.114. The zero-order chi connectivity index (χ0) is 31.1. The molecule has 0 unspecified atom stereocenters. The quantitative estimate of drug-likeness (QED) is 0.155. The number of hydrogen-bond acceptors (Lipinski definition) is 7. The number of carboxylic acid groups (broad SMARTS) is 1. The Labute approximate surface area is 266 Å². The first-order chi connectivity index (χ1) is 21.2. The summed E-state index contributed by atoms with van der Waals surface area (Å²) in [4.78, 5) is 20.8. The first kappa shape index (κ1) is 30.3. The van der Waals surface area contributed by atoms with E-state index < -0.39 is 11.4 Å². The summed E-state index contributed by atoms with van der Waals surface area (Å²) in [6, 6.07) is 17.5. The first-order valence-electron chi connectivity index (χ1n) is 14.5. The van der Waals surface area contributed by atoms with Gasteiger partial charge in [-0.15, -0.1) is 0 Å². The zero-order valence-corrected chi connectivity index (χ0v) is 26.4. The molecule has 3 saturated carbocycles. The van der Waals surface area contributed by atoms with Gasteiger partial charge in [-0.2, -0.15) is 0 Å². The van der Waals surface area contributed by atoms with Crippen LogP contribution < -0.4 is 20.1 Å². The minimum Gasteiger partial charge on any atom is -0.497 e. The van der Waals surface area contributed by atoms with Gasteiger partial charge in [-0.1, -0.05) is 47.5 Å². The van der Waals surface area contributed by atoms with Crippen LogP contribution in [0.3, 0.4) is 0 Å². The van der Waals surface area contributed by atoms with E-state index in [1.807, 2.05) is 55.6 Å². The number of nitrogens with one attached hydrogen (secondary N) is 2. The number of benzene rings is 2. The number of methoxy groups -OCH3 is 2. The summed E-state index contributed by atoms with van der Waals surface area (Å²) >= 11 is 14.1. The molecule has 8 nitrogen and oxygen atoms in total. The van der Waals surface area contributed by atoms with Crippen molar-refractivity contribution in [1.29, 1.82) is 0 Å². The lowest BCUT2D eigenvalue weighted by Crippen LogP contribution is -2.68. The highest BCUT2D eigenvalue weighted by molar-refractivity contribution is 6.39. The van der Waals surface area contributed by atoms with Gasteiger partial charge in [-0.3, -0.25) is 9.78 Å². The van der Waals surface area contributed by atoms with E-state index in [1.165, 1.54) is 0 Å². The number of halogens is 2. The van der Waals surface area contributed by atoms with Crippen molar-refractivity contribution in [3.63, 3.8) is 0 Å². The molecule has 3 N–H and O–H groups in total. The van der Waals surface area contributed by atoms with Crippen molar-refractivity contribution < 1.29 is 19.4 Å². The number of pyridine rings is 2. The molecule has 0 amide bonds. The predicted molar refractivity (Wildman–Crippen MR) is 172 cm³/mol. The maximum atomic E-state index is 11.5. The van der Waals surface area contributed by atoms with Crippen molar-refractivity contribution in [3.05, 3.63) is 82.0 Å². The third kappa shape index (κ3) is 5.41. The van der Waals surface area contributed by atoms with Gasteiger partial charge in [-0.05, 0) is 67.6 Å². The minimum atomic E-state index is -0.660. The molecule has 4 aromatic rings. The molecule has 0 atom stereocenters. The lowest BCUT2D eigenvalue weighted by atomic mass is 9.35. The summed E-state index contributed by atoms with van der Waals surface area (Å²) in [5.74, 6) is 0.575. The highest BCUT2D eigenvalue weighted by Crippen LogP contribution is 2.73. The summed E-state index contributed by atoms with van der Waals surface area (Å²) in [6.07, 6.45) is 4.00. The molecular formula is C34H34Cl2N4O4. The number of carboxylic acids is 1. The van der Waals surface area contributed by atoms with Crippen molar-refractivity contribution in [3.8, 4) is 45.3 Å². The SMILES string of the molecule is CNCc1ccc(-c2cccc(-c3ccnc(-c4cc(CNCC56CC(C(=O)O)(C5)C6)cc(OC)c4)c3Cl)c2Cl)nc1OC. The van der Waals surface area contributed by atoms with Crippen LogP contribution in [0.15, 0.2) is 60.8 Å². The molecule has 3 aliphatic rings. The van der Waals surface area contributed by atoms with E-state index in [1.54, 1.807) is 20.4 Å². The van der Waals surface area contributed by atoms with E-state index in [4.69, 9.17) is 37.7 Å². The van der Waals surface area contributed by atoms with E-state index in [2.05, 4.69) is 21.7 Å². The summed E-state index contributed by atoms with van der Waals surface area (Å²) in [5, 5.41) is 17.1. The van der Waals surface area contributed by atoms with Gasteiger partial charge in [0.25, 0.3) is 0 Å². The number of aliphatic carboxylic acids is 1. The van der Waals surface area contributed by atoms with Crippen molar-refractivity contribution in [2.45, 2.75) is 32.4 Å². The summed E-state index contributed by atoms with van der Waals surface area (Å²) < 4.78 is 11.2. The Kier molecular flexibility index (Phi) is 8.28. The lowest BCUT2D eigenvalue weighted by molar-refractivity contribution is -0.220. The molecule has 10 heteroatoms. The average Bonchev–Trinajstić information content (AvgIpc) is 2.98. The monoisotopic (exact) mass is 632 g/mol. The van der Waals surface area contributed by atoms with Crippen molar-refractivity contribution in [2.24, 2.45) is 10.8 Å². The van der Waals surface area contributed by atoms with E-state index in [-0.39, 0.29) is 5.41 Å². The maximum Gasteiger partial charge on any atom is 0.309 e. The highest BCUT2D eigenvalue weighted by atomic mass is 35.5. The fourth-order valence-electron chi connectivity index (χ4n) is 6.81. The first-order valence-corrected chi connectivity index (χ1v) is 15.2. The number of hydrogen-bond donors (Lipinski definition) is 3. The van der Waals surface area contributed by atoms with E-state index >= 15 is 0 Å². The Morgan fingerprint density at radius 3 is 2.41 bits per heavy atom. The van der Waals surface area contributed by atoms with Crippen molar-refractivity contribution in [1.82, 2.24) is 20.6 Å². The van der Waals surface area contributed by atoms with Crippen LogP contribution in [0.2, 0.25) is 10.0 Å². The van der Waals surface area contributed by atoms with Gasteiger partial charge in [-0.25, -0.2) is 4.98 Å². The van der Waals surface area contributed by atoms with Crippen LogP contribution in [0.25, 0.3) is 33.6 Å². The molecule has 228 valence electrons. The molecule has 2 aromatic heterocycles. The van der Waals surface area contributed by atoms with Crippen LogP contribution in [0.5, 0.6) is 11.6 Å². The zero-order valence-electron chi connectivity index (χ0n) is 24.8. The molecule has 2 heterocycles. The molecule has 3 aliphatic carbocycles. The van der Waals surface area contributed by atoms with Crippen LogP contribution in [-0.4, -0.2) is 48.9 Å². The van der Waals surface area contributed by atoms with Gasteiger partial charge in [0.2, 0.25) is 5.88 Å². The van der Waals surface area contributed by atoms with E-state index in [9.17, 15) is 9.90 Å². The van der Waals surface area contributed by atoms with Crippen LogP contribution in [0.1, 0.15) is 30.4 Å². The Hall–Kier alpha value is -3.69. The number of nitrogens with zero attached hydrogens (tertiary/aromatic N) is 2. The topological polar surface area (TPSA) is 106 Å². The molecule has 0 saturated heterocycles. The average molecular weight is 634 g/mol. The third-order valence-electron chi connectivity index (χ3n) is 8.85. The van der Waals surface area contributed by atoms with Crippen LogP contribution >= 0.6 is 23.2 Å². The van der Waals surface area contributed by atoms with Gasteiger partial charge >= 0.3 is 5.97 Å². The van der Waals surface area contributed by atoms with Crippen molar-refractivity contribution in [2.75, 3.05) is 27.8 Å². The Morgan fingerprint density at radius 1 is 0.955 bits per heavy atom. The molecule has 2 aromatic carbocycles. The molecule has 0 spiro atoms. The lowest BCUT2D eigenvalue weighted by Gasteiger charge is -2.68. The molecule has 0 radical (unpaired) electrons. The molecular weight excluding hydrogens is 599 g/mol. The van der Waals surface area contributed by atoms with Crippen LogP contribution in [-0.2, 0) is 17.9 Å². The molecule has 2 bridgehead atoms. The molecule has 0 aliphatic heterocycles. The van der Waals surface area contributed by atoms with Gasteiger partial charge in [0.05, 0.1) is 41.1 Å². The largest absolute Gasteiger partial charge is 0.497 e. The van der Waals surface area contributed by atoms with Gasteiger partial charge in [0.15, 0.2) is 0 Å². The summed E-state index contributed by atoms with van der Waals surface area (Å²) in [5.41, 5.74) is 6.02. The number of rotatable bonds is 12. The third-order valence-corrected chi connectivity index (χ3v) is 9.64. The summed E-state index contributed by atoms with van der Waals surface area (Å²) in [7, 11) is 5.11. The fourth-order valence-corrected chi connectivity index (χ4v) is 7.46. The Bertz CT molecular complexity index is 1730. The van der Waals surface area contributed by atoms with Crippen molar-refractivity contribution >= 4 is 29.2 Å². The standard InChI is InChI=1S/C34H34Cl2N4O4/c1-37-15-21-7-8-27(40-31(21)44-3)26-6-4-5-24(28(26)35)25-9-10-39-30(29(25)36)22-11-20(12-23(13-22)43-2)14-38-19-33-16-34(17-33,18-33)32(41)42/h4-13,37-38H,14-19H2,1-3H3,(H,41,42). The van der Waals surface area contributed by atoms with Crippen LogP contribution in [0, 0.1) is 10.8 Å². The van der Waals surface area contributed by atoms with Crippen LogP contribution in [0.4, 0.5) is 0 Å². The smallest absolute Gasteiger partial charge is 0.309 e. The number of ether oxygens (including phenoxy) is 2. The summed E-state index contributed by atoms with van der Waals surface area (Å²) in [6.45, 7) is 2.04. The fraction of sp³-hybridized carbons (Fsp3) is 0.324. The number of aromatic nitrogens is 2. The van der Waals surface area contributed by atoms with Gasteiger partial charge in [0, 0.05) is 53.6 Å². The second kappa shape index (κ2) is 12.0. The second-order valence-corrected chi connectivity index (χ2v) is 12.6. The van der Waals surface area contributed by atoms with E-state index in [0.29, 0.717) is 46.2 Å². The second-order valence-electron chi connectivity index (χ2n) is 11.9. The molecule has 3 fully saturated rings. The molecule has 44 heavy (non-hydrogen) atoms. The molecule has 7 rings (SSSR count). The van der Waals surface area contributed by atoms with E-state index in [0.717, 1.165) is 59.2 Å². The number of carbonyl (C=O) groups is 1.